The number of Topliss-reactive ketones (excluding diaryl/α,β-unsaturated/α-hetero) is 1. The minimum atomic E-state index is -0.314. The van der Waals surface area contributed by atoms with Gasteiger partial charge in [-0.15, -0.1) is 0 Å². The van der Waals surface area contributed by atoms with Crippen molar-refractivity contribution in [1.82, 2.24) is 4.98 Å². The van der Waals surface area contributed by atoms with Gasteiger partial charge in [0.15, 0.2) is 5.78 Å². The molecule has 0 bridgehead atoms. The molecule has 0 aliphatic heterocycles. The van der Waals surface area contributed by atoms with Crippen LogP contribution in [0.15, 0.2) is 79.1 Å². The van der Waals surface area contributed by atoms with Gasteiger partial charge < -0.3 is 0 Å². The number of aromatic nitrogens is 1. The first-order chi connectivity index (χ1) is 11.2. The number of ketones is 1. The molecular formula is C20H16FNO. The van der Waals surface area contributed by atoms with Gasteiger partial charge in [0.2, 0.25) is 0 Å². The van der Waals surface area contributed by atoms with E-state index in [4.69, 9.17) is 0 Å². The summed E-state index contributed by atoms with van der Waals surface area (Å²) in [6, 6.07) is 19.5. The third-order valence-electron chi connectivity index (χ3n) is 3.82. The van der Waals surface area contributed by atoms with E-state index >= 15 is 0 Å². The molecule has 0 saturated heterocycles. The second-order valence-corrected chi connectivity index (χ2v) is 5.40. The van der Waals surface area contributed by atoms with E-state index in [0.717, 1.165) is 11.1 Å². The molecular weight excluding hydrogens is 289 g/mol. The standard InChI is InChI=1S/C20H16FNO/c21-18-10-8-15(9-11-18)13-19(16-5-2-1-3-6-16)20(23)17-7-4-12-22-14-17/h1-12,14,19H,13H2. The molecule has 2 aromatic carbocycles. The first-order valence-corrected chi connectivity index (χ1v) is 7.47. The third kappa shape index (κ3) is 3.69. The zero-order chi connectivity index (χ0) is 16.1. The smallest absolute Gasteiger partial charge is 0.172 e. The van der Waals surface area contributed by atoms with Gasteiger partial charge in [-0.25, -0.2) is 4.39 Å². The molecule has 0 saturated carbocycles. The van der Waals surface area contributed by atoms with E-state index < -0.39 is 0 Å². The molecule has 23 heavy (non-hydrogen) atoms. The Morgan fingerprint density at radius 1 is 0.957 bits per heavy atom. The highest BCUT2D eigenvalue weighted by Gasteiger charge is 2.22. The fourth-order valence-corrected chi connectivity index (χ4v) is 2.61. The van der Waals surface area contributed by atoms with Gasteiger partial charge in [-0.2, -0.15) is 0 Å². The second-order valence-electron chi connectivity index (χ2n) is 5.40. The Morgan fingerprint density at radius 3 is 2.35 bits per heavy atom. The van der Waals surface area contributed by atoms with Crippen LogP contribution in [0.4, 0.5) is 4.39 Å². The summed E-state index contributed by atoms with van der Waals surface area (Å²) >= 11 is 0. The molecule has 1 atom stereocenters. The highest BCUT2D eigenvalue weighted by Crippen LogP contribution is 2.25. The maximum atomic E-state index is 13.1. The van der Waals surface area contributed by atoms with Gasteiger partial charge in [-0.3, -0.25) is 9.78 Å². The largest absolute Gasteiger partial charge is 0.293 e. The number of benzene rings is 2. The number of rotatable bonds is 5. The quantitative estimate of drug-likeness (QED) is 0.653. The summed E-state index contributed by atoms with van der Waals surface area (Å²) in [4.78, 5) is 16.9. The second kappa shape index (κ2) is 6.97. The molecule has 1 aromatic heterocycles. The minimum Gasteiger partial charge on any atom is -0.293 e. The molecule has 3 heteroatoms. The van der Waals surface area contributed by atoms with Gasteiger partial charge in [0.25, 0.3) is 0 Å². The molecule has 0 radical (unpaired) electrons. The van der Waals surface area contributed by atoms with E-state index in [9.17, 15) is 9.18 Å². The maximum Gasteiger partial charge on any atom is 0.172 e. The van der Waals surface area contributed by atoms with Gasteiger partial charge in [-0.1, -0.05) is 42.5 Å². The highest BCUT2D eigenvalue weighted by atomic mass is 19.1. The summed E-state index contributed by atoms with van der Waals surface area (Å²) in [7, 11) is 0. The number of hydrogen-bond donors (Lipinski definition) is 0. The number of hydrogen-bond acceptors (Lipinski definition) is 2. The predicted octanol–water partition coefficient (Wildman–Crippen LogP) is 4.43. The van der Waals surface area contributed by atoms with E-state index in [1.165, 1.54) is 12.1 Å². The molecule has 1 heterocycles. The van der Waals surface area contributed by atoms with Crippen molar-refractivity contribution in [2.75, 3.05) is 0 Å². The van der Waals surface area contributed by atoms with Crippen LogP contribution in [-0.2, 0) is 6.42 Å². The molecule has 1 unspecified atom stereocenters. The van der Waals surface area contributed by atoms with Crippen LogP contribution in [0.2, 0.25) is 0 Å². The molecule has 0 aliphatic carbocycles. The minimum absolute atomic E-state index is 0.0219. The molecule has 114 valence electrons. The fourth-order valence-electron chi connectivity index (χ4n) is 2.61. The molecule has 0 fully saturated rings. The summed E-state index contributed by atoms with van der Waals surface area (Å²) in [5, 5.41) is 0. The number of halogens is 1. The summed E-state index contributed by atoms with van der Waals surface area (Å²) in [6.45, 7) is 0. The van der Waals surface area contributed by atoms with Crippen molar-refractivity contribution >= 4 is 5.78 Å². The topological polar surface area (TPSA) is 30.0 Å². The Labute approximate surface area is 134 Å². The number of pyridine rings is 1. The first kappa shape index (κ1) is 15.1. The first-order valence-electron chi connectivity index (χ1n) is 7.47. The van der Waals surface area contributed by atoms with E-state index in [2.05, 4.69) is 4.98 Å². The van der Waals surface area contributed by atoms with Crippen LogP contribution in [-0.4, -0.2) is 10.8 Å². The molecule has 2 nitrogen and oxygen atoms in total. The number of nitrogens with zero attached hydrogens (tertiary/aromatic N) is 1. The van der Waals surface area contributed by atoms with Crippen molar-refractivity contribution in [3.05, 3.63) is 102 Å². The van der Waals surface area contributed by atoms with Crippen molar-refractivity contribution < 1.29 is 9.18 Å². The van der Waals surface area contributed by atoms with Gasteiger partial charge in [0.05, 0.1) is 5.92 Å². The zero-order valence-electron chi connectivity index (χ0n) is 12.5. The molecule has 3 rings (SSSR count). The van der Waals surface area contributed by atoms with Crippen LogP contribution in [0, 0.1) is 5.82 Å². The lowest BCUT2D eigenvalue weighted by Crippen LogP contribution is -2.16. The Morgan fingerprint density at radius 2 is 1.70 bits per heavy atom. The van der Waals surface area contributed by atoms with Crippen molar-refractivity contribution in [2.45, 2.75) is 12.3 Å². The Kier molecular flexibility index (Phi) is 4.57. The molecule has 0 spiro atoms. The lowest BCUT2D eigenvalue weighted by Gasteiger charge is -2.16. The Hall–Kier alpha value is -2.81. The van der Waals surface area contributed by atoms with Crippen molar-refractivity contribution in [3.8, 4) is 0 Å². The summed E-state index contributed by atoms with van der Waals surface area (Å²) in [5.74, 6) is -0.567. The van der Waals surface area contributed by atoms with Crippen molar-refractivity contribution in [2.24, 2.45) is 0 Å². The molecule has 0 aliphatic rings. The van der Waals surface area contributed by atoms with Gasteiger partial charge in [0.1, 0.15) is 5.82 Å². The van der Waals surface area contributed by atoms with Gasteiger partial charge in [-0.05, 0) is 41.8 Å². The number of carbonyl (C=O) groups excluding carboxylic acids is 1. The van der Waals surface area contributed by atoms with Gasteiger partial charge >= 0.3 is 0 Å². The van der Waals surface area contributed by atoms with Crippen LogP contribution >= 0.6 is 0 Å². The number of carbonyl (C=O) groups is 1. The van der Waals surface area contributed by atoms with E-state index in [-0.39, 0.29) is 17.5 Å². The molecule has 0 amide bonds. The van der Waals surface area contributed by atoms with Crippen molar-refractivity contribution in [3.63, 3.8) is 0 Å². The van der Waals surface area contributed by atoms with Crippen LogP contribution in [0.5, 0.6) is 0 Å². The van der Waals surface area contributed by atoms with E-state index in [1.807, 2.05) is 30.3 Å². The van der Waals surface area contributed by atoms with Crippen LogP contribution in [0.1, 0.15) is 27.4 Å². The highest BCUT2D eigenvalue weighted by molar-refractivity contribution is 6.00. The lowest BCUT2D eigenvalue weighted by molar-refractivity contribution is 0.0958. The van der Waals surface area contributed by atoms with Crippen LogP contribution in [0.3, 0.4) is 0 Å². The van der Waals surface area contributed by atoms with Gasteiger partial charge in [0, 0.05) is 18.0 Å². The average molecular weight is 305 g/mol. The monoisotopic (exact) mass is 305 g/mol. The fraction of sp³-hybridized carbons (Fsp3) is 0.100. The average Bonchev–Trinajstić information content (AvgIpc) is 2.62. The van der Waals surface area contributed by atoms with Crippen LogP contribution < -0.4 is 0 Å². The maximum absolute atomic E-state index is 13.1. The Bertz CT molecular complexity index is 770. The lowest BCUT2D eigenvalue weighted by atomic mass is 9.86. The summed E-state index contributed by atoms with van der Waals surface area (Å²) < 4.78 is 13.1. The van der Waals surface area contributed by atoms with E-state index in [0.29, 0.717) is 12.0 Å². The molecule has 3 aromatic rings. The normalized spacial score (nSPS) is 11.9. The van der Waals surface area contributed by atoms with E-state index in [1.54, 1.807) is 36.7 Å². The van der Waals surface area contributed by atoms with Crippen molar-refractivity contribution in [1.29, 1.82) is 0 Å². The third-order valence-corrected chi connectivity index (χ3v) is 3.82. The zero-order valence-corrected chi connectivity index (χ0v) is 12.5. The summed E-state index contributed by atoms with van der Waals surface area (Å²) in [6.07, 6.45) is 3.76. The molecule has 0 N–H and O–H groups in total. The SMILES string of the molecule is O=C(c1cccnc1)C(Cc1ccc(F)cc1)c1ccccc1. The Balaban J connectivity index is 1.94. The summed E-state index contributed by atoms with van der Waals surface area (Å²) in [5.41, 5.74) is 2.46. The predicted molar refractivity (Wildman–Crippen MR) is 87.9 cm³/mol. The van der Waals surface area contributed by atoms with Crippen LogP contribution in [0.25, 0.3) is 0 Å².